The third-order valence-electron chi connectivity index (χ3n) is 1.48. The van der Waals surface area contributed by atoms with Gasteiger partial charge in [-0.3, -0.25) is 4.55 Å². The second-order valence-electron chi connectivity index (χ2n) is 2.64. The van der Waals surface area contributed by atoms with E-state index in [0.717, 1.165) is 0 Å². The molecule has 86 valence electrons. The van der Waals surface area contributed by atoms with Gasteiger partial charge in [-0.25, -0.2) is 9.59 Å². The van der Waals surface area contributed by atoms with Crippen LogP contribution in [0.15, 0.2) is 10.5 Å². The normalized spacial score (nSPS) is 13.2. The molecule has 0 aromatic heterocycles. The maximum atomic E-state index is 10.6. The van der Waals surface area contributed by atoms with Gasteiger partial charge in [0.15, 0.2) is 4.91 Å². The molecular weight excluding hydrogens is 228 g/mol. The summed E-state index contributed by atoms with van der Waals surface area (Å²) in [6, 6.07) is 0. The Morgan fingerprint density at radius 2 is 1.60 bits per heavy atom. The van der Waals surface area contributed by atoms with Gasteiger partial charge in [-0.15, -0.1) is 0 Å². The zero-order chi connectivity index (χ0) is 12.2. The molecule has 7 nitrogen and oxygen atoms in total. The van der Waals surface area contributed by atoms with E-state index in [9.17, 15) is 18.0 Å². The highest BCUT2D eigenvalue weighted by Crippen LogP contribution is 2.16. The summed E-state index contributed by atoms with van der Waals surface area (Å²) in [5, 5.41) is 17.1. The average molecular weight is 238 g/mol. The highest BCUT2D eigenvalue weighted by atomic mass is 32.2. The van der Waals surface area contributed by atoms with Gasteiger partial charge in [0, 0.05) is 0 Å². The van der Waals surface area contributed by atoms with Crippen LogP contribution < -0.4 is 0 Å². The van der Waals surface area contributed by atoms with E-state index in [0.29, 0.717) is 0 Å². The maximum absolute atomic E-state index is 10.6. The van der Waals surface area contributed by atoms with E-state index >= 15 is 0 Å². The molecular formula is C7H10O7S. The van der Waals surface area contributed by atoms with Crippen molar-refractivity contribution in [2.75, 3.05) is 0 Å². The van der Waals surface area contributed by atoms with Crippen molar-refractivity contribution >= 4 is 22.1 Å². The van der Waals surface area contributed by atoms with Crippen LogP contribution in [0.3, 0.4) is 0 Å². The molecule has 0 saturated carbocycles. The third kappa shape index (κ3) is 3.68. The molecule has 3 N–H and O–H groups in total. The summed E-state index contributed by atoms with van der Waals surface area (Å²) in [6.45, 7) is 1.55. The molecule has 0 fully saturated rings. The fourth-order valence-electron chi connectivity index (χ4n) is 0.963. The van der Waals surface area contributed by atoms with E-state index in [4.69, 9.17) is 14.8 Å². The highest BCUT2D eigenvalue weighted by Gasteiger charge is 2.29. The lowest BCUT2D eigenvalue weighted by molar-refractivity contribution is -0.135. The zero-order valence-electron chi connectivity index (χ0n) is 7.80. The summed E-state index contributed by atoms with van der Waals surface area (Å²) < 4.78 is 29.9. The van der Waals surface area contributed by atoms with Crippen LogP contribution in [-0.2, 0) is 19.7 Å². The van der Waals surface area contributed by atoms with Gasteiger partial charge in [0.1, 0.15) is 0 Å². The molecule has 0 aromatic carbocycles. The Hall–Kier alpha value is -1.41. The third-order valence-corrected chi connectivity index (χ3v) is 2.42. The van der Waals surface area contributed by atoms with Gasteiger partial charge in [0.2, 0.25) is 0 Å². The molecule has 0 unspecified atom stereocenters. The number of hydrogen-bond donors (Lipinski definition) is 3. The number of carboxylic acid groups (broad SMARTS) is 2. The van der Waals surface area contributed by atoms with Crippen LogP contribution in [0, 0.1) is 0 Å². The van der Waals surface area contributed by atoms with Crippen molar-refractivity contribution in [3.63, 3.8) is 0 Å². The Morgan fingerprint density at radius 1 is 1.13 bits per heavy atom. The van der Waals surface area contributed by atoms with Gasteiger partial charge in [0.25, 0.3) is 0 Å². The quantitative estimate of drug-likeness (QED) is 0.457. The number of rotatable bonds is 5. The zero-order valence-corrected chi connectivity index (χ0v) is 8.61. The molecule has 0 radical (unpaired) electrons. The second-order valence-corrected chi connectivity index (χ2v) is 4.00. The predicted molar refractivity (Wildman–Crippen MR) is 48.8 cm³/mol. The summed E-state index contributed by atoms with van der Waals surface area (Å²) in [4.78, 5) is 19.6. The molecule has 0 aliphatic rings. The molecule has 0 rings (SSSR count). The Bertz CT molecular complexity index is 403. The number of aliphatic carboxylic acids is 2. The van der Waals surface area contributed by atoms with Crippen molar-refractivity contribution in [2.24, 2.45) is 0 Å². The van der Waals surface area contributed by atoms with Gasteiger partial charge >= 0.3 is 22.1 Å². The van der Waals surface area contributed by atoms with E-state index in [1.807, 2.05) is 0 Å². The lowest BCUT2D eigenvalue weighted by atomic mass is 10.1. The van der Waals surface area contributed by atoms with Crippen LogP contribution in [0.5, 0.6) is 0 Å². The molecule has 0 spiro atoms. The van der Waals surface area contributed by atoms with Gasteiger partial charge in [-0.2, -0.15) is 8.42 Å². The Morgan fingerprint density at radius 3 is 1.80 bits per heavy atom. The van der Waals surface area contributed by atoms with Gasteiger partial charge in [0.05, 0.1) is 5.57 Å². The first-order valence-corrected chi connectivity index (χ1v) is 5.33. The van der Waals surface area contributed by atoms with E-state index in [-0.39, 0.29) is 12.8 Å². The minimum Gasteiger partial charge on any atom is -0.478 e. The van der Waals surface area contributed by atoms with Crippen LogP contribution in [0.4, 0.5) is 0 Å². The summed E-state index contributed by atoms with van der Waals surface area (Å²) in [6.07, 6.45) is -0.00924. The first-order valence-electron chi connectivity index (χ1n) is 3.89. The van der Waals surface area contributed by atoms with E-state index < -0.39 is 32.5 Å². The Kier molecular flexibility index (Phi) is 4.43. The SMILES string of the molecule is CCC/C(C(=O)O)=C(/C(=O)O)S(=O)(=O)O. The summed E-state index contributed by atoms with van der Waals surface area (Å²) in [7, 11) is -5.03. The van der Waals surface area contributed by atoms with E-state index in [1.54, 1.807) is 6.92 Å². The molecule has 0 aromatic rings. The Labute approximate surface area is 85.8 Å². The van der Waals surface area contributed by atoms with Gasteiger partial charge in [-0.1, -0.05) is 13.3 Å². The fraction of sp³-hybridized carbons (Fsp3) is 0.429. The topological polar surface area (TPSA) is 129 Å². The van der Waals surface area contributed by atoms with Crippen LogP contribution in [0.25, 0.3) is 0 Å². The molecule has 0 saturated heterocycles. The highest BCUT2D eigenvalue weighted by molar-refractivity contribution is 7.90. The Balaban J connectivity index is 5.80. The molecule has 8 heteroatoms. The first-order chi connectivity index (χ1) is 6.71. The van der Waals surface area contributed by atoms with Crippen molar-refractivity contribution in [1.82, 2.24) is 0 Å². The summed E-state index contributed by atoms with van der Waals surface area (Å²) in [5.74, 6) is -3.66. The van der Waals surface area contributed by atoms with Crippen molar-refractivity contribution in [3.05, 3.63) is 10.5 Å². The standard InChI is InChI=1S/C7H10O7S/c1-2-3-4(6(8)9)5(7(10)11)15(12,13)14/h2-3H2,1H3,(H,8,9)(H,10,11)(H,12,13,14)/b5-4+. The van der Waals surface area contributed by atoms with Crippen molar-refractivity contribution in [2.45, 2.75) is 19.8 Å². The van der Waals surface area contributed by atoms with E-state index in [2.05, 4.69) is 0 Å². The minimum atomic E-state index is -5.03. The molecule has 0 aliphatic heterocycles. The van der Waals surface area contributed by atoms with Crippen LogP contribution in [0.1, 0.15) is 19.8 Å². The lowest BCUT2D eigenvalue weighted by Crippen LogP contribution is -2.18. The largest absolute Gasteiger partial charge is 0.478 e. The van der Waals surface area contributed by atoms with Crippen molar-refractivity contribution < 1.29 is 32.8 Å². The lowest BCUT2D eigenvalue weighted by Gasteiger charge is -2.04. The van der Waals surface area contributed by atoms with Crippen molar-refractivity contribution in [1.29, 1.82) is 0 Å². The van der Waals surface area contributed by atoms with Gasteiger partial charge < -0.3 is 10.2 Å². The van der Waals surface area contributed by atoms with Crippen LogP contribution in [0.2, 0.25) is 0 Å². The van der Waals surface area contributed by atoms with Crippen LogP contribution >= 0.6 is 0 Å². The first kappa shape index (κ1) is 13.6. The number of carboxylic acids is 2. The second kappa shape index (κ2) is 4.89. The predicted octanol–water partition coefficient (Wildman–Crippen LogP) is 0.0976. The van der Waals surface area contributed by atoms with Gasteiger partial charge in [-0.05, 0) is 6.42 Å². The molecule has 0 amide bonds. The molecule has 0 atom stereocenters. The summed E-state index contributed by atoms with van der Waals surface area (Å²) >= 11 is 0. The maximum Gasteiger partial charge on any atom is 0.350 e. The molecule has 0 aliphatic carbocycles. The minimum absolute atomic E-state index is 0.244. The number of hydrogen-bond acceptors (Lipinski definition) is 4. The number of carbonyl (C=O) groups is 2. The van der Waals surface area contributed by atoms with Crippen molar-refractivity contribution in [3.8, 4) is 0 Å². The monoisotopic (exact) mass is 238 g/mol. The van der Waals surface area contributed by atoms with Crippen LogP contribution in [-0.4, -0.2) is 35.1 Å². The molecule has 15 heavy (non-hydrogen) atoms. The smallest absolute Gasteiger partial charge is 0.350 e. The average Bonchev–Trinajstić information content (AvgIpc) is 1.99. The summed E-state index contributed by atoms with van der Waals surface area (Å²) in [5.41, 5.74) is -0.826. The fourth-order valence-corrected chi connectivity index (χ4v) is 1.68. The molecule has 0 heterocycles. The van der Waals surface area contributed by atoms with E-state index in [1.165, 1.54) is 0 Å². The molecule has 0 bridgehead atoms.